The molecule has 0 aliphatic heterocycles. The molecule has 1 aliphatic carbocycles. The first-order valence-corrected chi connectivity index (χ1v) is 11.4. The van der Waals surface area contributed by atoms with Gasteiger partial charge in [-0.25, -0.2) is 4.98 Å². The molecule has 156 valence electrons. The van der Waals surface area contributed by atoms with E-state index in [9.17, 15) is 9.59 Å². The summed E-state index contributed by atoms with van der Waals surface area (Å²) in [6, 6.07) is 13.6. The third kappa shape index (κ3) is 4.01. The Balaban J connectivity index is 1.78. The number of thioether (sulfide) groups is 1. The van der Waals surface area contributed by atoms with Gasteiger partial charge in [-0.15, -0.1) is 0 Å². The van der Waals surface area contributed by atoms with Crippen LogP contribution < -0.4 is 10.9 Å². The molecular formula is C24H27N3O2S. The van der Waals surface area contributed by atoms with E-state index in [1.807, 2.05) is 57.2 Å². The maximum absolute atomic E-state index is 13.5. The number of hydrogen-bond donors (Lipinski definition) is 1. The molecule has 4 rings (SSSR count). The molecule has 1 heterocycles. The van der Waals surface area contributed by atoms with E-state index in [1.54, 1.807) is 10.6 Å². The molecule has 3 aromatic rings. The van der Waals surface area contributed by atoms with Crippen LogP contribution in [-0.2, 0) is 4.79 Å². The average Bonchev–Trinajstić information content (AvgIpc) is 3.23. The van der Waals surface area contributed by atoms with Gasteiger partial charge in [0.2, 0.25) is 5.91 Å². The smallest absolute Gasteiger partial charge is 0.266 e. The topological polar surface area (TPSA) is 64.0 Å². The summed E-state index contributed by atoms with van der Waals surface area (Å²) < 4.78 is 1.68. The zero-order valence-corrected chi connectivity index (χ0v) is 18.5. The lowest BCUT2D eigenvalue weighted by Crippen LogP contribution is -2.38. The predicted octanol–water partition coefficient (Wildman–Crippen LogP) is 4.54. The minimum atomic E-state index is -0.353. The first-order valence-electron chi connectivity index (χ1n) is 10.5. The third-order valence-electron chi connectivity index (χ3n) is 5.76. The van der Waals surface area contributed by atoms with E-state index in [4.69, 9.17) is 4.98 Å². The molecule has 1 aromatic heterocycles. The van der Waals surface area contributed by atoms with Gasteiger partial charge in [0.15, 0.2) is 5.16 Å². The van der Waals surface area contributed by atoms with Crippen molar-refractivity contribution in [1.29, 1.82) is 0 Å². The molecule has 0 radical (unpaired) electrons. The first kappa shape index (κ1) is 20.7. The van der Waals surface area contributed by atoms with Crippen molar-refractivity contribution in [3.8, 4) is 5.69 Å². The van der Waals surface area contributed by atoms with Gasteiger partial charge in [0.1, 0.15) is 0 Å². The minimum Gasteiger partial charge on any atom is -0.352 e. The standard InChI is InChI=1S/C24H27N3O2S/c1-15-9-8-10-16(2)21(15)27-23(29)19-13-6-7-14-20(19)26-24(27)30-17(3)22(28)25-18-11-4-5-12-18/h6-10,13-14,17-18H,4-5,11-12H2,1-3H3,(H,25,28)/t17-/m1/s1. The highest BCUT2D eigenvalue weighted by Crippen LogP contribution is 2.28. The number of carbonyl (C=O) groups is 1. The molecule has 1 saturated carbocycles. The van der Waals surface area contributed by atoms with Crippen LogP contribution in [0.2, 0.25) is 0 Å². The number of fused-ring (bicyclic) bond motifs is 1. The maximum Gasteiger partial charge on any atom is 0.266 e. The van der Waals surface area contributed by atoms with E-state index >= 15 is 0 Å². The third-order valence-corrected chi connectivity index (χ3v) is 6.81. The van der Waals surface area contributed by atoms with Crippen LogP contribution in [0.3, 0.4) is 0 Å². The predicted molar refractivity (Wildman–Crippen MR) is 123 cm³/mol. The Morgan fingerprint density at radius 1 is 1.10 bits per heavy atom. The molecule has 0 bridgehead atoms. The average molecular weight is 422 g/mol. The number of hydrogen-bond acceptors (Lipinski definition) is 4. The summed E-state index contributed by atoms with van der Waals surface area (Å²) in [7, 11) is 0. The fourth-order valence-corrected chi connectivity index (χ4v) is 5.07. The molecule has 1 N–H and O–H groups in total. The van der Waals surface area contributed by atoms with Gasteiger partial charge in [-0.2, -0.15) is 0 Å². The second-order valence-electron chi connectivity index (χ2n) is 8.04. The Morgan fingerprint density at radius 3 is 2.47 bits per heavy atom. The summed E-state index contributed by atoms with van der Waals surface area (Å²) in [5.41, 5.74) is 3.38. The number of amides is 1. The van der Waals surface area contributed by atoms with Gasteiger partial charge in [0.05, 0.1) is 21.8 Å². The minimum absolute atomic E-state index is 0.00219. The summed E-state index contributed by atoms with van der Waals surface area (Å²) in [6.07, 6.45) is 4.44. The van der Waals surface area contributed by atoms with Crippen LogP contribution in [-0.4, -0.2) is 26.8 Å². The van der Waals surface area contributed by atoms with Gasteiger partial charge < -0.3 is 5.32 Å². The molecule has 1 aliphatic rings. The summed E-state index contributed by atoms with van der Waals surface area (Å²) in [6.45, 7) is 5.87. The number of benzene rings is 2. The van der Waals surface area contributed by atoms with E-state index in [2.05, 4.69) is 5.32 Å². The van der Waals surface area contributed by atoms with Crippen LogP contribution in [0.5, 0.6) is 0 Å². The molecule has 1 amide bonds. The van der Waals surface area contributed by atoms with Crippen molar-refractivity contribution in [3.05, 3.63) is 63.9 Å². The van der Waals surface area contributed by atoms with E-state index in [-0.39, 0.29) is 22.8 Å². The van der Waals surface area contributed by atoms with E-state index in [0.29, 0.717) is 16.1 Å². The zero-order valence-electron chi connectivity index (χ0n) is 17.6. The van der Waals surface area contributed by atoms with Gasteiger partial charge in [-0.1, -0.05) is 54.9 Å². The van der Waals surface area contributed by atoms with Gasteiger partial charge in [-0.3, -0.25) is 14.2 Å². The number of para-hydroxylation sites is 2. The lowest BCUT2D eigenvalue weighted by molar-refractivity contribution is -0.120. The molecule has 0 saturated heterocycles. The van der Waals surface area contributed by atoms with Crippen molar-refractivity contribution >= 4 is 28.6 Å². The number of carbonyl (C=O) groups excluding carboxylic acids is 1. The van der Waals surface area contributed by atoms with Crippen LogP contribution in [0.1, 0.15) is 43.7 Å². The molecular weight excluding hydrogens is 394 g/mol. The lowest BCUT2D eigenvalue weighted by atomic mass is 10.1. The Bertz CT molecular complexity index is 1130. The zero-order chi connectivity index (χ0) is 21.3. The highest BCUT2D eigenvalue weighted by molar-refractivity contribution is 8.00. The monoisotopic (exact) mass is 421 g/mol. The van der Waals surface area contributed by atoms with Crippen molar-refractivity contribution in [2.75, 3.05) is 0 Å². The molecule has 0 spiro atoms. The normalized spacial score (nSPS) is 15.4. The van der Waals surface area contributed by atoms with Crippen molar-refractivity contribution < 1.29 is 4.79 Å². The first-order chi connectivity index (χ1) is 14.5. The Kier molecular flexibility index (Phi) is 5.95. The number of aromatic nitrogens is 2. The maximum atomic E-state index is 13.5. The Morgan fingerprint density at radius 2 is 1.77 bits per heavy atom. The molecule has 30 heavy (non-hydrogen) atoms. The van der Waals surface area contributed by atoms with Gasteiger partial charge in [-0.05, 0) is 56.9 Å². The van der Waals surface area contributed by atoms with Gasteiger partial charge in [0, 0.05) is 6.04 Å². The fourth-order valence-electron chi connectivity index (χ4n) is 4.15. The number of aryl methyl sites for hydroxylation is 2. The van der Waals surface area contributed by atoms with Crippen LogP contribution in [0, 0.1) is 13.8 Å². The molecule has 2 aromatic carbocycles. The van der Waals surface area contributed by atoms with Crippen molar-refractivity contribution in [3.63, 3.8) is 0 Å². The van der Waals surface area contributed by atoms with Crippen LogP contribution in [0.4, 0.5) is 0 Å². The van der Waals surface area contributed by atoms with Crippen molar-refractivity contribution in [2.45, 2.75) is 62.9 Å². The molecule has 6 heteroatoms. The summed E-state index contributed by atoms with van der Waals surface area (Å²) in [5.74, 6) is 0.00219. The number of nitrogens with one attached hydrogen (secondary N) is 1. The van der Waals surface area contributed by atoms with Crippen LogP contribution >= 0.6 is 11.8 Å². The fraction of sp³-hybridized carbons (Fsp3) is 0.375. The summed E-state index contributed by atoms with van der Waals surface area (Å²) >= 11 is 1.34. The SMILES string of the molecule is Cc1cccc(C)c1-n1c(S[C@H](C)C(=O)NC2CCCC2)nc2ccccc2c1=O. The highest BCUT2D eigenvalue weighted by Gasteiger charge is 2.24. The quantitative estimate of drug-likeness (QED) is 0.485. The van der Waals surface area contributed by atoms with Crippen molar-refractivity contribution in [2.24, 2.45) is 0 Å². The van der Waals surface area contributed by atoms with Crippen LogP contribution in [0.25, 0.3) is 16.6 Å². The van der Waals surface area contributed by atoms with Crippen LogP contribution in [0.15, 0.2) is 52.4 Å². The Labute approximate surface area is 180 Å². The second-order valence-corrected chi connectivity index (χ2v) is 9.35. The van der Waals surface area contributed by atoms with Crippen molar-refractivity contribution in [1.82, 2.24) is 14.9 Å². The largest absolute Gasteiger partial charge is 0.352 e. The molecule has 0 unspecified atom stereocenters. The van der Waals surface area contributed by atoms with Gasteiger partial charge in [0.25, 0.3) is 5.56 Å². The lowest BCUT2D eigenvalue weighted by Gasteiger charge is -2.20. The number of rotatable bonds is 5. The Hall–Kier alpha value is -2.60. The van der Waals surface area contributed by atoms with E-state index < -0.39 is 0 Å². The highest BCUT2D eigenvalue weighted by atomic mass is 32.2. The van der Waals surface area contributed by atoms with E-state index in [0.717, 1.165) is 29.7 Å². The molecule has 1 atom stereocenters. The van der Waals surface area contributed by atoms with E-state index in [1.165, 1.54) is 24.6 Å². The molecule has 1 fully saturated rings. The summed E-state index contributed by atoms with van der Waals surface area (Å²) in [5, 5.41) is 3.93. The molecule has 5 nitrogen and oxygen atoms in total. The summed E-state index contributed by atoms with van der Waals surface area (Å²) in [4.78, 5) is 31.1. The number of nitrogens with zero attached hydrogens (tertiary/aromatic N) is 2. The second kappa shape index (κ2) is 8.64. The van der Waals surface area contributed by atoms with Gasteiger partial charge >= 0.3 is 0 Å².